The number of ether oxygens (including phenoxy) is 1. The van der Waals surface area contributed by atoms with Crippen molar-refractivity contribution in [3.8, 4) is 5.75 Å². The van der Waals surface area contributed by atoms with Gasteiger partial charge in [0.15, 0.2) is 11.4 Å². The zero-order valence-electron chi connectivity index (χ0n) is 12.4. The molecular formula is C16H15N5O. The lowest BCUT2D eigenvalue weighted by Gasteiger charge is -2.08. The Hall–Kier alpha value is -2.98. The molecule has 0 atom stereocenters. The van der Waals surface area contributed by atoms with Crippen molar-refractivity contribution in [2.24, 2.45) is 5.11 Å². The van der Waals surface area contributed by atoms with Crippen molar-refractivity contribution in [3.05, 3.63) is 70.0 Å². The summed E-state index contributed by atoms with van der Waals surface area (Å²) in [6, 6.07) is 11.2. The molecule has 0 spiro atoms. The summed E-state index contributed by atoms with van der Waals surface area (Å²) >= 11 is 0. The normalized spacial score (nSPS) is 10.5. The number of benzene rings is 1. The fourth-order valence-corrected chi connectivity index (χ4v) is 2.26. The standard InChI is InChI=1S/C16H15N5O/c1-11-12(2)21-9-3-4-15(16(21)18-11)22-10-13-5-7-14(8-6-13)19-20-17/h3-9H,10H2,1-2H3. The van der Waals surface area contributed by atoms with E-state index in [0.717, 1.165) is 28.3 Å². The largest absolute Gasteiger partial charge is 0.485 e. The first-order valence-electron chi connectivity index (χ1n) is 6.90. The molecule has 0 aliphatic carbocycles. The summed E-state index contributed by atoms with van der Waals surface area (Å²) in [6.07, 6.45) is 1.98. The van der Waals surface area contributed by atoms with Gasteiger partial charge in [-0.3, -0.25) is 0 Å². The summed E-state index contributed by atoms with van der Waals surface area (Å²) in [6.45, 7) is 4.45. The second-order valence-electron chi connectivity index (χ2n) is 4.99. The summed E-state index contributed by atoms with van der Waals surface area (Å²) in [5, 5.41) is 3.55. The van der Waals surface area contributed by atoms with Gasteiger partial charge in [-0.2, -0.15) is 0 Å². The van der Waals surface area contributed by atoms with Crippen LogP contribution in [0.2, 0.25) is 0 Å². The minimum atomic E-state index is 0.432. The van der Waals surface area contributed by atoms with Gasteiger partial charge in [0.05, 0.1) is 5.69 Å². The lowest BCUT2D eigenvalue weighted by molar-refractivity contribution is 0.308. The van der Waals surface area contributed by atoms with E-state index in [4.69, 9.17) is 10.3 Å². The molecule has 2 heterocycles. The Morgan fingerprint density at radius 3 is 2.73 bits per heavy atom. The molecular weight excluding hydrogens is 278 g/mol. The van der Waals surface area contributed by atoms with Gasteiger partial charge in [0.2, 0.25) is 0 Å². The molecule has 0 aliphatic heterocycles. The van der Waals surface area contributed by atoms with E-state index < -0.39 is 0 Å². The molecule has 0 radical (unpaired) electrons. The number of fused-ring (bicyclic) bond motifs is 1. The summed E-state index contributed by atoms with van der Waals surface area (Å²) in [7, 11) is 0. The average molecular weight is 293 g/mol. The first kappa shape index (κ1) is 14.0. The van der Waals surface area contributed by atoms with Crippen molar-refractivity contribution >= 4 is 11.3 Å². The number of rotatable bonds is 4. The van der Waals surface area contributed by atoms with Gasteiger partial charge >= 0.3 is 0 Å². The van der Waals surface area contributed by atoms with Crippen LogP contribution < -0.4 is 4.74 Å². The van der Waals surface area contributed by atoms with Gasteiger partial charge in [-0.25, -0.2) is 4.98 Å². The Morgan fingerprint density at radius 1 is 1.23 bits per heavy atom. The van der Waals surface area contributed by atoms with Crippen LogP contribution in [0, 0.1) is 13.8 Å². The quantitative estimate of drug-likeness (QED) is 0.404. The molecule has 2 aromatic heterocycles. The van der Waals surface area contributed by atoms with Crippen molar-refractivity contribution in [2.75, 3.05) is 0 Å². The maximum atomic E-state index is 8.39. The average Bonchev–Trinajstić information content (AvgIpc) is 2.83. The second kappa shape index (κ2) is 5.79. The molecule has 0 saturated carbocycles. The van der Waals surface area contributed by atoms with Gasteiger partial charge in [-0.05, 0) is 37.1 Å². The number of pyridine rings is 1. The van der Waals surface area contributed by atoms with Gasteiger partial charge in [0.25, 0.3) is 0 Å². The highest BCUT2D eigenvalue weighted by molar-refractivity contribution is 5.56. The van der Waals surface area contributed by atoms with Crippen LogP contribution in [0.15, 0.2) is 47.7 Å². The molecule has 0 bridgehead atoms. The maximum absolute atomic E-state index is 8.39. The van der Waals surface area contributed by atoms with E-state index in [1.807, 2.05) is 48.7 Å². The van der Waals surface area contributed by atoms with Crippen molar-refractivity contribution in [2.45, 2.75) is 20.5 Å². The van der Waals surface area contributed by atoms with E-state index in [2.05, 4.69) is 15.0 Å². The highest BCUT2D eigenvalue weighted by Crippen LogP contribution is 2.23. The molecule has 0 N–H and O–H groups in total. The molecule has 0 aliphatic rings. The molecule has 0 fully saturated rings. The fourth-order valence-electron chi connectivity index (χ4n) is 2.26. The van der Waals surface area contributed by atoms with Gasteiger partial charge in [-0.1, -0.05) is 29.4 Å². The minimum Gasteiger partial charge on any atom is -0.485 e. The summed E-state index contributed by atoms with van der Waals surface area (Å²) < 4.78 is 7.91. The van der Waals surface area contributed by atoms with Crippen molar-refractivity contribution in [3.63, 3.8) is 0 Å². The highest BCUT2D eigenvalue weighted by atomic mass is 16.5. The third-order valence-corrected chi connectivity index (χ3v) is 3.58. The van der Waals surface area contributed by atoms with E-state index in [1.54, 1.807) is 12.1 Å². The minimum absolute atomic E-state index is 0.432. The molecule has 0 saturated heterocycles. The van der Waals surface area contributed by atoms with E-state index in [-0.39, 0.29) is 0 Å². The topological polar surface area (TPSA) is 75.3 Å². The number of imidazole rings is 1. The third kappa shape index (κ3) is 2.60. The first-order chi connectivity index (χ1) is 10.7. The van der Waals surface area contributed by atoms with Gasteiger partial charge in [0.1, 0.15) is 6.61 Å². The molecule has 22 heavy (non-hydrogen) atoms. The van der Waals surface area contributed by atoms with Gasteiger partial charge in [0, 0.05) is 22.5 Å². The Kier molecular flexibility index (Phi) is 3.68. The van der Waals surface area contributed by atoms with Crippen molar-refractivity contribution in [1.29, 1.82) is 0 Å². The highest BCUT2D eigenvalue weighted by Gasteiger charge is 2.09. The van der Waals surface area contributed by atoms with Crippen LogP contribution in [0.1, 0.15) is 17.0 Å². The molecule has 6 nitrogen and oxygen atoms in total. The summed E-state index contributed by atoms with van der Waals surface area (Å²) in [5.74, 6) is 0.748. The number of aromatic nitrogens is 2. The Morgan fingerprint density at radius 2 is 2.00 bits per heavy atom. The predicted octanol–water partition coefficient (Wildman–Crippen LogP) is 4.47. The smallest absolute Gasteiger partial charge is 0.180 e. The van der Waals surface area contributed by atoms with Crippen LogP contribution in [0.5, 0.6) is 5.75 Å². The molecule has 3 rings (SSSR count). The maximum Gasteiger partial charge on any atom is 0.180 e. The number of aryl methyl sites for hydroxylation is 2. The molecule has 6 heteroatoms. The molecule has 1 aromatic carbocycles. The first-order valence-corrected chi connectivity index (χ1v) is 6.90. The molecule has 0 amide bonds. The van der Waals surface area contributed by atoms with Gasteiger partial charge < -0.3 is 9.14 Å². The number of hydrogen-bond donors (Lipinski definition) is 0. The molecule has 0 unspecified atom stereocenters. The number of azide groups is 1. The van der Waals surface area contributed by atoms with E-state index in [0.29, 0.717) is 12.3 Å². The SMILES string of the molecule is Cc1nc2c(OCc3ccc(N=[N+]=[N-])cc3)cccn2c1C. The zero-order chi connectivity index (χ0) is 15.5. The summed E-state index contributed by atoms with van der Waals surface area (Å²) in [4.78, 5) is 7.30. The van der Waals surface area contributed by atoms with Gasteiger partial charge in [-0.15, -0.1) is 0 Å². The number of hydrogen-bond acceptors (Lipinski definition) is 3. The fraction of sp³-hybridized carbons (Fsp3) is 0.188. The second-order valence-corrected chi connectivity index (χ2v) is 4.99. The van der Waals surface area contributed by atoms with Crippen LogP contribution in [-0.4, -0.2) is 9.38 Å². The lowest BCUT2D eigenvalue weighted by atomic mass is 10.2. The van der Waals surface area contributed by atoms with Crippen LogP contribution in [0.4, 0.5) is 5.69 Å². The predicted molar refractivity (Wildman–Crippen MR) is 84.2 cm³/mol. The van der Waals surface area contributed by atoms with Crippen molar-refractivity contribution in [1.82, 2.24) is 9.38 Å². The third-order valence-electron chi connectivity index (χ3n) is 3.58. The number of nitrogens with zero attached hydrogens (tertiary/aromatic N) is 5. The Bertz CT molecular complexity index is 860. The van der Waals surface area contributed by atoms with E-state index in [9.17, 15) is 0 Å². The monoisotopic (exact) mass is 293 g/mol. The van der Waals surface area contributed by atoms with Crippen LogP contribution >= 0.6 is 0 Å². The molecule has 3 aromatic rings. The van der Waals surface area contributed by atoms with Crippen LogP contribution in [0.3, 0.4) is 0 Å². The van der Waals surface area contributed by atoms with Crippen LogP contribution in [0.25, 0.3) is 16.1 Å². The molecule has 110 valence electrons. The summed E-state index contributed by atoms with van der Waals surface area (Å²) in [5.41, 5.74) is 12.9. The Balaban J connectivity index is 1.82. The van der Waals surface area contributed by atoms with E-state index in [1.165, 1.54) is 0 Å². The Labute approximate surface area is 127 Å². The lowest BCUT2D eigenvalue weighted by Crippen LogP contribution is -1.97. The zero-order valence-corrected chi connectivity index (χ0v) is 12.4. The van der Waals surface area contributed by atoms with Crippen LogP contribution in [-0.2, 0) is 6.61 Å². The van der Waals surface area contributed by atoms with E-state index >= 15 is 0 Å². The van der Waals surface area contributed by atoms with Crippen molar-refractivity contribution < 1.29 is 4.74 Å².